The summed E-state index contributed by atoms with van der Waals surface area (Å²) >= 11 is 6.41. The van der Waals surface area contributed by atoms with Gasteiger partial charge in [-0.15, -0.1) is 0 Å². The number of aryl methyl sites for hydroxylation is 2. The molecule has 1 unspecified atom stereocenters. The second-order valence-electron chi connectivity index (χ2n) is 10.4. The van der Waals surface area contributed by atoms with Gasteiger partial charge in [0.1, 0.15) is 5.02 Å². The van der Waals surface area contributed by atoms with Gasteiger partial charge in [-0.25, -0.2) is 4.98 Å². The number of nitrogens with zero attached hydrogens (tertiary/aromatic N) is 3. The van der Waals surface area contributed by atoms with Crippen molar-refractivity contribution in [2.75, 3.05) is 36.9 Å². The van der Waals surface area contributed by atoms with E-state index in [4.69, 9.17) is 16.3 Å². The number of rotatable bonds is 6. The zero-order chi connectivity index (χ0) is 24.6. The number of morpholine rings is 1. The zero-order valence-corrected chi connectivity index (χ0v) is 21.0. The van der Waals surface area contributed by atoms with Crippen LogP contribution in [0, 0.1) is 17.8 Å². The van der Waals surface area contributed by atoms with Crippen LogP contribution in [0.5, 0.6) is 0 Å². The summed E-state index contributed by atoms with van der Waals surface area (Å²) in [4.78, 5) is 23.4. The van der Waals surface area contributed by atoms with Gasteiger partial charge in [-0.2, -0.15) is 4.98 Å². The first-order valence-electron chi connectivity index (χ1n) is 13.0. The van der Waals surface area contributed by atoms with Crippen molar-refractivity contribution in [2.45, 2.75) is 44.2 Å². The Morgan fingerprint density at radius 2 is 1.89 bits per heavy atom. The Morgan fingerprint density at radius 3 is 2.69 bits per heavy atom. The highest BCUT2D eigenvalue weighted by Gasteiger charge is 2.48. The van der Waals surface area contributed by atoms with Crippen LogP contribution in [0.1, 0.15) is 30.4 Å². The van der Waals surface area contributed by atoms with Crippen LogP contribution in [-0.4, -0.2) is 64.3 Å². The number of halogens is 1. The molecule has 8 nitrogen and oxygen atoms in total. The number of allylic oxidation sites excluding steroid dienone is 1. The van der Waals surface area contributed by atoms with Gasteiger partial charge in [-0.1, -0.05) is 29.8 Å². The van der Waals surface area contributed by atoms with Gasteiger partial charge in [0.2, 0.25) is 5.95 Å². The van der Waals surface area contributed by atoms with E-state index < -0.39 is 11.9 Å². The first-order valence-corrected chi connectivity index (χ1v) is 13.3. The van der Waals surface area contributed by atoms with E-state index in [1.807, 2.05) is 6.08 Å². The third kappa shape index (κ3) is 4.69. The van der Waals surface area contributed by atoms with Crippen LogP contribution in [0.25, 0.3) is 0 Å². The van der Waals surface area contributed by atoms with Gasteiger partial charge >= 0.3 is 5.97 Å². The number of fused-ring (bicyclic) bond motifs is 3. The molecule has 4 aliphatic rings. The molecule has 190 valence electrons. The van der Waals surface area contributed by atoms with Crippen LogP contribution in [0.15, 0.2) is 36.5 Å². The number of aliphatic carboxylic acids is 1. The molecule has 3 aliphatic carbocycles. The van der Waals surface area contributed by atoms with Gasteiger partial charge in [0.25, 0.3) is 0 Å². The van der Waals surface area contributed by atoms with Crippen LogP contribution in [0.3, 0.4) is 0 Å². The fraction of sp³-hybridized carbons (Fsp3) is 0.519. The molecule has 0 radical (unpaired) electrons. The van der Waals surface area contributed by atoms with E-state index in [0.29, 0.717) is 22.8 Å². The monoisotopic (exact) mass is 509 g/mol. The molecule has 1 aromatic heterocycles. The van der Waals surface area contributed by atoms with Crippen LogP contribution in [-0.2, 0) is 22.4 Å². The largest absolute Gasteiger partial charge is 0.481 e. The molecule has 6 rings (SSSR count). The Morgan fingerprint density at radius 1 is 1.11 bits per heavy atom. The van der Waals surface area contributed by atoms with Crippen LogP contribution in [0.4, 0.5) is 17.5 Å². The van der Waals surface area contributed by atoms with Crippen molar-refractivity contribution in [1.82, 2.24) is 14.9 Å². The molecule has 2 heterocycles. The molecule has 2 bridgehead atoms. The van der Waals surface area contributed by atoms with Gasteiger partial charge < -0.3 is 20.5 Å². The van der Waals surface area contributed by atoms with Crippen molar-refractivity contribution in [3.05, 3.63) is 52.7 Å². The number of carboxylic acid groups (broad SMARTS) is 1. The minimum absolute atomic E-state index is 0.0608. The molecule has 0 amide bonds. The van der Waals surface area contributed by atoms with Crippen molar-refractivity contribution in [1.29, 1.82) is 0 Å². The van der Waals surface area contributed by atoms with Crippen molar-refractivity contribution in [2.24, 2.45) is 17.8 Å². The third-order valence-corrected chi connectivity index (χ3v) is 8.59. The molecule has 0 spiro atoms. The average Bonchev–Trinajstić information content (AvgIpc) is 3.42. The predicted octanol–water partition coefficient (Wildman–Crippen LogP) is 4.14. The normalized spacial score (nSPS) is 29.5. The van der Waals surface area contributed by atoms with E-state index in [0.717, 1.165) is 57.7 Å². The molecule has 2 fully saturated rings. The van der Waals surface area contributed by atoms with Gasteiger partial charge in [0.15, 0.2) is 5.82 Å². The molecule has 36 heavy (non-hydrogen) atoms. The molecule has 3 N–H and O–H groups in total. The molecular weight excluding hydrogens is 478 g/mol. The zero-order valence-electron chi connectivity index (χ0n) is 20.2. The molecule has 1 saturated heterocycles. The second kappa shape index (κ2) is 10.00. The van der Waals surface area contributed by atoms with Gasteiger partial charge in [0, 0.05) is 30.9 Å². The SMILES string of the molecule is O=C(O)[C@@H]1[C@H](Nc2nc(Nc3ccc4c(c3)CCC(N3CCOCC3)CC4)ncc2Cl)[C@H]2C=C[C@@H]1C2. The van der Waals surface area contributed by atoms with E-state index in [2.05, 4.69) is 49.8 Å². The lowest BCUT2D eigenvalue weighted by Crippen LogP contribution is -2.43. The maximum absolute atomic E-state index is 11.9. The highest BCUT2D eigenvalue weighted by molar-refractivity contribution is 6.32. The summed E-state index contributed by atoms with van der Waals surface area (Å²) < 4.78 is 5.53. The number of benzene rings is 1. The van der Waals surface area contributed by atoms with Crippen LogP contribution >= 0.6 is 11.6 Å². The van der Waals surface area contributed by atoms with Gasteiger partial charge in [-0.05, 0) is 67.2 Å². The summed E-state index contributed by atoms with van der Waals surface area (Å²) in [7, 11) is 0. The van der Waals surface area contributed by atoms with Crippen molar-refractivity contribution in [3.8, 4) is 0 Å². The highest BCUT2D eigenvalue weighted by atomic mass is 35.5. The van der Waals surface area contributed by atoms with Gasteiger partial charge in [-0.3, -0.25) is 9.69 Å². The molecule has 1 saturated carbocycles. The number of hydrogen-bond donors (Lipinski definition) is 3. The Labute approximate surface area is 216 Å². The van der Waals surface area contributed by atoms with Crippen molar-refractivity contribution in [3.63, 3.8) is 0 Å². The lowest BCUT2D eigenvalue weighted by atomic mass is 9.89. The molecule has 1 aliphatic heterocycles. The first kappa shape index (κ1) is 23.7. The fourth-order valence-corrected chi connectivity index (χ4v) is 6.59. The Bertz CT molecular complexity index is 1170. The van der Waals surface area contributed by atoms with E-state index in [1.165, 1.54) is 17.5 Å². The lowest BCUT2D eigenvalue weighted by molar-refractivity contribution is -0.142. The summed E-state index contributed by atoms with van der Waals surface area (Å²) in [5, 5.41) is 16.8. The smallest absolute Gasteiger partial charge is 0.309 e. The number of anilines is 3. The fourth-order valence-electron chi connectivity index (χ4n) is 6.45. The van der Waals surface area contributed by atoms with E-state index in [9.17, 15) is 9.90 Å². The summed E-state index contributed by atoms with van der Waals surface area (Å²) in [6.07, 6.45) is 11.0. The number of aromatic nitrogens is 2. The van der Waals surface area contributed by atoms with Gasteiger partial charge in [0.05, 0.1) is 25.3 Å². The quantitative estimate of drug-likeness (QED) is 0.394. The molecule has 9 heteroatoms. The van der Waals surface area contributed by atoms with Crippen molar-refractivity contribution < 1.29 is 14.6 Å². The van der Waals surface area contributed by atoms with Crippen molar-refractivity contribution >= 4 is 35.0 Å². The number of nitrogens with one attached hydrogen (secondary N) is 2. The van der Waals surface area contributed by atoms with E-state index in [-0.39, 0.29) is 17.9 Å². The maximum Gasteiger partial charge on any atom is 0.309 e. The molecular formula is C27H32ClN5O3. The highest BCUT2D eigenvalue weighted by Crippen LogP contribution is 2.45. The van der Waals surface area contributed by atoms with E-state index in [1.54, 1.807) is 6.20 Å². The topological polar surface area (TPSA) is 99.6 Å². The maximum atomic E-state index is 11.9. The Balaban J connectivity index is 1.15. The molecule has 1 aromatic carbocycles. The minimum atomic E-state index is -0.784. The molecule has 2 aromatic rings. The number of carboxylic acids is 1. The summed E-state index contributed by atoms with van der Waals surface area (Å²) in [6.45, 7) is 3.74. The Hall–Kier alpha value is -2.68. The summed E-state index contributed by atoms with van der Waals surface area (Å²) in [6, 6.07) is 6.89. The number of carbonyl (C=O) groups is 1. The molecule has 5 atom stereocenters. The van der Waals surface area contributed by atoms with Crippen LogP contribution < -0.4 is 10.6 Å². The second-order valence-corrected chi connectivity index (χ2v) is 10.8. The summed E-state index contributed by atoms with van der Waals surface area (Å²) in [5.41, 5.74) is 3.74. The first-order chi connectivity index (χ1) is 17.5. The lowest BCUT2D eigenvalue weighted by Gasteiger charge is -2.33. The third-order valence-electron chi connectivity index (χ3n) is 8.31. The number of ether oxygens (including phenoxy) is 1. The average molecular weight is 510 g/mol. The summed E-state index contributed by atoms with van der Waals surface area (Å²) in [5.74, 6) is -0.126. The standard InChI is InChI=1S/C27H32ClN5O3/c28-22-15-29-27(32-25(22)31-24-19-2-1-18(13-19)23(24)26(34)35)30-20-6-3-16-4-7-21(8-5-17(16)14-20)33-9-11-36-12-10-33/h1-3,6,14-15,18-19,21,23-24H,4-5,7-13H2,(H,34,35)(H2,29,30,31,32)/t18-,19+,21?,23+,24-/m1/s1. The number of hydrogen-bond acceptors (Lipinski definition) is 7. The minimum Gasteiger partial charge on any atom is -0.481 e. The van der Waals surface area contributed by atoms with E-state index >= 15 is 0 Å². The van der Waals surface area contributed by atoms with Crippen LogP contribution in [0.2, 0.25) is 5.02 Å². The Kier molecular flexibility index (Phi) is 6.58. The predicted molar refractivity (Wildman–Crippen MR) is 139 cm³/mol.